The van der Waals surface area contributed by atoms with Crippen LogP contribution >= 0.6 is 22.0 Å². The summed E-state index contributed by atoms with van der Waals surface area (Å²) in [5.41, 5.74) is 0.141. The number of carbonyl (C=O) groups excluding carboxylic acids is 1. The van der Waals surface area contributed by atoms with Gasteiger partial charge in [0.05, 0.1) is 5.69 Å². The number of sulfone groups is 1. The molecule has 1 aromatic rings. The van der Waals surface area contributed by atoms with Gasteiger partial charge in [-0.05, 0) is 13.8 Å². The molecular weight excluding hydrogens is 336 g/mol. The van der Waals surface area contributed by atoms with Gasteiger partial charge in [0.15, 0.2) is 19.2 Å². The Morgan fingerprint density at radius 1 is 1.37 bits per heavy atom. The second kappa shape index (κ2) is 5.35. The highest BCUT2D eigenvalue weighted by Crippen LogP contribution is 2.29. The second-order valence-electron chi connectivity index (χ2n) is 3.79. The Balaban J connectivity index is 3.00. The maximum atomic E-state index is 11.6. The molecule has 1 aromatic heterocycles. The molecule has 1 rings (SSSR count). The number of thiazole rings is 1. The second-order valence-corrected chi connectivity index (χ2v) is 9.92. The molecule has 1 N–H and O–H groups in total. The molecule has 1 amide bonds. The largest absolute Gasteiger partial charge is 0.301 e. The standard InChI is InChI=1S/C8H11ClN2O5S3/c1-4-7(19(9,15)16)17-8(10-4)11-6(12)5(2)18(3,13)14/h5H,1-3H3,(H,10,11,12). The summed E-state index contributed by atoms with van der Waals surface area (Å²) in [5, 5.41) is 0.975. The van der Waals surface area contributed by atoms with E-state index in [9.17, 15) is 21.6 Å². The first kappa shape index (κ1) is 16.3. The summed E-state index contributed by atoms with van der Waals surface area (Å²) in [7, 11) is -2.29. The third kappa shape index (κ3) is 4.13. The van der Waals surface area contributed by atoms with E-state index in [4.69, 9.17) is 10.7 Å². The number of carbonyl (C=O) groups is 1. The van der Waals surface area contributed by atoms with Crippen molar-refractivity contribution < 1.29 is 21.6 Å². The van der Waals surface area contributed by atoms with Crippen LogP contribution in [0.25, 0.3) is 0 Å². The van der Waals surface area contributed by atoms with Crippen molar-refractivity contribution in [2.24, 2.45) is 0 Å². The van der Waals surface area contributed by atoms with Gasteiger partial charge in [-0.15, -0.1) is 0 Å². The van der Waals surface area contributed by atoms with Gasteiger partial charge in [-0.1, -0.05) is 11.3 Å². The summed E-state index contributed by atoms with van der Waals surface area (Å²) in [5.74, 6) is -0.783. The van der Waals surface area contributed by atoms with Crippen molar-refractivity contribution in [1.29, 1.82) is 0 Å². The van der Waals surface area contributed by atoms with Crippen LogP contribution in [0.2, 0.25) is 0 Å². The van der Waals surface area contributed by atoms with Crippen LogP contribution in [0.5, 0.6) is 0 Å². The van der Waals surface area contributed by atoms with E-state index in [0.29, 0.717) is 11.3 Å². The Kier molecular flexibility index (Phi) is 4.60. The summed E-state index contributed by atoms with van der Waals surface area (Å²) in [4.78, 5) is 15.4. The monoisotopic (exact) mass is 346 g/mol. The van der Waals surface area contributed by atoms with Crippen LogP contribution in [0.1, 0.15) is 12.6 Å². The van der Waals surface area contributed by atoms with E-state index in [-0.39, 0.29) is 15.0 Å². The van der Waals surface area contributed by atoms with Crippen molar-refractivity contribution in [3.05, 3.63) is 5.69 Å². The number of anilines is 1. The Hall–Kier alpha value is -0.710. The fraction of sp³-hybridized carbons (Fsp3) is 0.500. The lowest BCUT2D eigenvalue weighted by Gasteiger charge is -2.07. The molecule has 11 heteroatoms. The maximum absolute atomic E-state index is 11.6. The average molecular weight is 347 g/mol. The number of rotatable bonds is 4. The first-order valence-corrected chi connectivity index (χ1v) is 9.93. The Bertz CT molecular complexity index is 707. The summed E-state index contributed by atoms with van der Waals surface area (Å²) in [6, 6.07) is 0. The zero-order chi connectivity index (χ0) is 15.0. The van der Waals surface area contributed by atoms with Crippen molar-refractivity contribution in [3.8, 4) is 0 Å². The summed E-state index contributed by atoms with van der Waals surface area (Å²) < 4.78 is 44.6. The lowest BCUT2D eigenvalue weighted by atomic mass is 10.4. The lowest BCUT2D eigenvalue weighted by Crippen LogP contribution is -2.31. The van der Waals surface area contributed by atoms with Gasteiger partial charge >= 0.3 is 0 Å². The zero-order valence-corrected chi connectivity index (χ0v) is 13.4. The van der Waals surface area contributed by atoms with Gasteiger partial charge in [0, 0.05) is 16.9 Å². The van der Waals surface area contributed by atoms with Crippen LogP contribution in [-0.4, -0.2) is 39.2 Å². The Morgan fingerprint density at radius 3 is 2.26 bits per heavy atom. The van der Waals surface area contributed by atoms with Gasteiger partial charge in [0.25, 0.3) is 9.05 Å². The lowest BCUT2D eigenvalue weighted by molar-refractivity contribution is -0.115. The molecule has 0 spiro atoms. The number of hydrogen-bond donors (Lipinski definition) is 1. The van der Waals surface area contributed by atoms with Crippen LogP contribution in [0.4, 0.5) is 5.13 Å². The van der Waals surface area contributed by atoms with Gasteiger partial charge in [-0.2, -0.15) is 0 Å². The molecule has 1 unspecified atom stereocenters. The fourth-order valence-corrected chi connectivity index (χ4v) is 3.87. The number of aryl methyl sites for hydroxylation is 1. The zero-order valence-electron chi connectivity index (χ0n) is 10.2. The molecule has 0 fully saturated rings. The third-order valence-corrected chi connectivity index (χ3v) is 6.97. The maximum Gasteiger partial charge on any atom is 0.272 e. The van der Waals surface area contributed by atoms with Crippen LogP contribution in [-0.2, 0) is 23.7 Å². The highest BCUT2D eigenvalue weighted by Gasteiger charge is 2.26. The molecule has 0 radical (unpaired) electrons. The van der Waals surface area contributed by atoms with Crippen LogP contribution < -0.4 is 5.32 Å². The molecule has 0 aliphatic carbocycles. The number of nitrogens with one attached hydrogen (secondary N) is 1. The van der Waals surface area contributed by atoms with Crippen LogP contribution in [0.15, 0.2) is 4.21 Å². The van der Waals surface area contributed by atoms with Crippen LogP contribution in [0.3, 0.4) is 0 Å². The van der Waals surface area contributed by atoms with Crippen molar-refractivity contribution in [2.75, 3.05) is 11.6 Å². The summed E-state index contributed by atoms with van der Waals surface area (Å²) in [6.45, 7) is 2.64. The molecule has 19 heavy (non-hydrogen) atoms. The predicted molar refractivity (Wildman–Crippen MR) is 72.8 cm³/mol. The molecule has 1 heterocycles. The van der Waals surface area contributed by atoms with Gasteiger partial charge in [0.2, 0.25) is 5.91 Å². The van der Waals surface area contributed by atoms with Crippen molar-refractivity contribution in [3.63, 3.8) is 0 Å². The molecule has 0 aliphatic rings. The van der Waals surface area contributed by atoms with E-state index in [1.807, 2.05) is 0 Å². The molecule has 1 atom stereocenters. The Labute approximate surface area is 119 Å². The molecule has 0 bridgehead atoms. The third-order valence-electron chi connectivity index (χ3n) is 2.22. The van der Waals surface area contributed by atoms with E-state index in [1.165, 1.54) is 13.8 Å². The van der Waals surface area contributed by atoms with Gasteiger partial charge < -0.3 is 5.32 Å². The van der Waals surface area contributed by atoms with E-state index in [2.05, 4.69) is 10.3 Å². The first-order valence-electron chi connectivity index (χ1n) is 4.84. The molecule has 108 valence electrons. The molecule has 0 saturated carbocycles. The van der Waals surface area contributed by atoms with Crippen molar-refractivity contribution in [1.82, 2.24) is 4.98 Å². The molecule has 0 aliphatic heterocycles. The minimum Gasteiger partial charge on any atom is -0.301 e. The highest BCUT2D eigenvalue weighted by molar-refractivity contribution is 8.15. The quantitative estimate of drug-likeness (QED) is 0.805. The van der Waals surface area contributed by atoms with Crippen molar-refractivity contribution >= 4 is 51.9 Å². The van der Waals surface area contributed by atoms with Gasteiger partial charge in [0.1, 0.15) is 5.25 Å². The molecule has 0 aromatic carbocycles. The normalized spacial score (nSPS) is 14.1. The van der Waals surface area contributed by atoms with E-state index in [0.717, 1.165) is 6.26 Å². The van der Waals surface area contributed by atoms with Gasteiger partial charge in [-0.25, -0.2) is 21.8 Å². The first-order chi connectivity index (χ1) is 8.43. The molecule has 7 nitrogen and oxygen atoms in total. The number of amides is 1. The number of halogens is 1. The van der Waals surface area contributed by atoms with E-state index in [1.54, 1.807) is 0 Å². The van der Waals surface area contributed by atoms with Gasteiger partial charge in [-0.3, -0.25) is 4.79 Å². The fourth-order valence-electron chi connectivity index (χ4n) is 1.06. The number of aromatic nitrogens is 1. The van der Waals surface area contributed by atoms with E-state index < -0.39 is 30.0 Å². The SMILES string of the molecule is Cc1nc(NC(=O)C(C)S(C)(=O)=O)sc1S(=O)(=O)Cl. The van der Waals surface area contributed by atoms with E-state index >= 15 is 0 Å². The number of hydrogen-bond acceptors (Lipinski definition) is 7. The predicted octanol–water partition coefficient (Wildman–Crippen LogP) is 0.751. The molecule has 0 saturated heterocycles. The average Bonchev–Trinajstić information content (AvgIpc) is 2.56. The minimum absolute atomic E-state index is 0.0165. The van der Waals surface area contributed by atoms with Crippen LogP contribution in [0, 0.1) is 6.92 Å². The number of nitrogens with zero attached hydrogens (tertiary/aromatic N) is 1. The molecular formula is C8H11ClN2O5S3. The van der Waals surface area contributed by atoms with Crippen molar-refractivity contribution in [2.45, 2.75) is 23.3 Å². The smallest absolute Gasteiger partial charge is 0.272 e. The summed E-state index contributed by atoms with van der Waals surface area (Å²) in [6.07, 6.45) is 0.930. The Morgan fingerprint density at radius 2 is 1.89 bits per heavy atom. The summed E-state index contributed by atoms with van der Waals surface area (Å²) >= 11 is 0.665. The topological polar surface area (TPSA) is 110 Å². The highest BCUT2D eigenvalue weighted by atomic mass is 35.7. The minimum atomic E-state index is -3.94.